The number of aliphatic hydroxyl groups excluding tert-OH is 1. The number of hydrogen-bond donors (Lipinski definition) is 2. The highest BCUT2D eigenvalue weighted by atomic mass is 16.5. The number of ether oxygens (including phenoxy) is 1. The Morgan fingerprint density at radius 2 is 1.89 bits per heavy atom. The molecule has 0 bridgehead atoms. The van der Waals surface area contributed by atoms with Crippen LogP contribution in [0.25, 0.3) is 0 Å². The lowest BCUT2D eigenvalue weighted by Gasteiger charge is -2.25. The summed E-state index contributed by atoms with van der Waals surface area (Å²) in [5, 5.41) is 12.7. The predicted molar refractivity (Wildman–Crippen MR) is 75.0 cm³/mol. The standard InChI is InChI=1S/C15H25NO2/c1-12(16-10-15(2,3)11-17)9-13-5-7-14(18-4)8-6-13/h5-8,12,16-17H,9-11H2,1-4H3. The van der Waals surface area contributed by atoms with E-state index in [9.17, 15) is 5.11 Å². The molecule has 2 N–H and O–H groups in total. The minimum absolute atomic E-state index is 0.0613. The summed E-state index contributed by atoms with van der Waals surface area (Å²) in [6.07, 6.45) is 0.978. The average Bonchev–Trinajstić information content (AvgIpc) is 2.37. The molecule has 0 aliphatic rings. The summed E-state index contributed by atoms with van der Waals surface area (Å²) in [6.45, 7) is 7.30. The van der Waals surface area contributed by atoms with Crippen LogP contribution in [0.3, 0.4) is 0 Å². The van der Waals surface area contributed by atoms with Gasteiger partial charge in [-0.15, -0.1) is 0 Å². The summed E-state index contributed by atoms with van der Waals surface area (Å²) in [6, 6.07) is 8.55. The lowest BCUT2D eigenvalue weighted by molar-refractivity contribution is 0.154. The van der Waals surface area contributed by atoms with E-state index in [2.05, 4.69) is 38.2 Å². The molecule has 1 atom stereocenters. The van der Waals surface area contributed by atoms with Gasteiger partial charge < -0.3 is 15.2 Å². The van der Waals surface area contributed by atoms with Crippen molar-refractivity contribution >= 4 is 0 Å². The van der Waals surface area contributed by atoms with Crippen LogP contribution in [-0.4, -0.2) is 31.4 Å². The van der Waals surface area contributed by atoms with Crippen LogP contribution in [0.2, 0.25) is 0 Å². The topological polar surface area (TPSA) is 41.5 Å². The monoisotopic (exact) mass is 251 g/mol. The molecule has 0 amide bonds. The maximum Gasteiger partial charge on any atom is 0.118 e. The van der Waals surface area contributed by atoms with E-state index in [4.69, 9.17) is 4.74 Å². The number of nitrogens with one attached hydrogen (secondary N) is 1. The summed E-state index contributed by atoms with van der Waals surface area (Å²) >= 11 is 0. The third kappa shape index (κ3) is 5.07. The van der Waals surface area contributed by atoms with Crippen molar-refractivity contribution in [2.45, 2.75) is 33.2 Å². The van der Waals surface area contributed by atoms with E-state index in [1.165, 1.54) is 5.56 Å². The lowest BCUT2D eigenvalue weighted by atomic mass is 9.94. The molecule has 18 heavy (non-hydrogen) atoms. The maximum atomic E-state index is 9.20. The quantitative estimate of drug-likeness (QED) is 0.781. The summed E-state index contributed by atoms with van der Waals surface area (Å²) < 4.78 is 5.14. The second-order valence-electron chi connectivity index (χ2n) is 5.66. The SMILES string of the molecule is COc1ccc(CC(C)NCC(C)(C)CO)cc1. The van der Waals surface area contributed by atoms with Crippen LogP contribution in [0.4, 0.5) is 0 Å². The van der Waals surface area contributed by atoms with E-state index in [0.717, 1.165) is 18.7 Å². The number of methoxy groups -OCH3 is 1. The number of aliphatic hydroxyl groups is 1. The Morgan fingerprint density at radius 1 is 1.28 bits per heavy atom. The Bertz CT molecular complexity index is 346. The van der Waals surface area contributed by atoms with Crippen LogP contribution in [0, 0.1) is 5.41 Å². The van der Waals surface area contributed by atoms with E-state index in [-0.39, 0.29) is 12.0 Å². The molecule has 3 nitrogen and oxygen atoms in total. The third-order valence-corrected chi connectivity index (χ3v) is 3.06. The van der Waals surface area contributed by atoms with Gasteiger partial charge in [0.25, 0.3) is 0 Å². The van der Waals surface area contributed by atoms with Gasteiger partial charge in [-0.25, -0.2) is 0 Å². The van der Waals surface area contributed by atoms with Crippen molar-refractivity contribution in [1.82, 2.24) is 5.32 Å². The van der Waals surface area contributed by atoms with Gasteiger partial charge in [0.1, 0.15) is 5.75 Å². The Balaban J connectivity index is 2.41. The molecule has 1 aromatic rings. The van der Waals surface area contributed by atoms with Crippen molar-refractivity contribution in [3.05, 3.63) is 29.8 Å². The van der Waals surface area contributed by atoms with Crippen molar-refractivity contribution < 1.29 is 9.84 Å². The van der Waals surface area contributed by atoms with E-state index in [1.54, 1.807) is 7.11 Å². The molecule has 102 valence electrons. The van der Waals surface area contributed by atoms with Crippen LogP contribution >= 0.6 is 0 Å². The van der Waals surface area contributed by atoms with Crippen molar-refractivity contribution in [1.29, 1.82) is 0 Å². The summed E-state index contributed by atoms with van der Waals surface area (Å²) in [5.41, 5.74) is 1.23. The Hall–Kier alpha value is -1.06. The predicted octanol–water partition coefficient (Wildman–Crippen LogP) is 2.23. The van der Waals surface area contributed by atoms with Crippen molar-refractivity contribution in [3.63, 3.8) is 0 Å². The van der Waals surface area contributed by atoms with Crippen LogP contribution in [0.15, 0.2) is 24.3 Å². The molecule has 0 saturated carbocycles. The van der Waals surface area contributed by atoms with Crippen LogP contribution in [0.1, 0.15) is 26.3 Å². The minimum Gasteiger partial charge on any atom is -0.497 e. The number of hydrogen-bond acceptors (Lipinski definition) is 3. The van der Waals surface area contributed by atoms with Gasteiger partial charge in [-0.3, -0.25) is 0 Å². The van der Waals surface area contributed by atoms with Gasteiger partial charge in [-0.1, -0.05) is 26.0 Å². The first-order valence-corrected chi connectivity index (χ1v) is 6.44. The third-order valence-electron chi connectivity index (χ3n) is 3.06. The molecule has 0 fully saturated rings. The Morgan fingerprint density at radius 3 is 2.39 bits per heavy atom. The van der Waals surface area contributed by atoms with E-state index < -0.39 is 0 Å². The normalized spacial score (nSPS) is 13.4. The summed E-state index contributed by atoms with van der Waals surface area (Å²) in [5.74, 6) is 0.890. The van der Waals surface area contributed by atoms with Crippen molar-refractivity contribution in [2.75, 3.05) is 20.3 Å². The molecule has 0 radical (unpaired) electrons. The van der Waals surface area contributed by atoms with Gasteiger partial charge in [-0.05, 0) is 31.0 Å². The maximum absolute atomic E-state index is 9.20. The molecule has 1 rings (SSSR count). The number of benzene rings is 1. The van der Waals surface area contributed by atoms with Gasteiger partial charge >= 0.3 is 0 Å². The summed E-state index contributed by atoms with van der Waals surface area (Å²) in [4.78, 5) is 0. The molecule has 0 spiro atoms. The highest BCUT2D eigenvalue weighted by Crippen LogP contribution is 2.14. The van der Waals surface area contributed by atoms with Gasteiger partial charge in [0.2, 0.25) is 0 Å². The highest BCUT2D eigenvalue weighted by Gasteiger charge is 2.17. The van der Waals surface area contributed by atoms with E-state index >= 15 is 0 Å². The van der Waals surface area contributed by atoms with Crippen molar-refractivity contribution in [3.8, 4) is 5.75 Å². The molecular weight excluding hydrogens is 226 g/mol. The molecule has 1 unspecified atom stereocenters. The van der Waals surface area contributed by atoms with Gasteiger partial charge in [-0.2, -0.15) is 0 Å². The molecule has 0 aliphatic heterocycles. The molecule has 3 heteroatoms. The lowest BCUT2D eigenvalue weighted by Crippen LogP contribution is -2.38. The summed E-state index contributed by atoms with van der Waals surface area (Å²) in [7, 11) is 1.68. The van der Waals surface area contributed by atoms with Crippen LogP contribution in [0.5, 0.6) is 5.75 Å². The highest BCUT2D eigenvalue weighted by molar-refractivity contribution is 5.27. The first-order chi connectivity index (χ1) is 8.46. The van der Waals surface area contributed by atoms with Crippen LogP contribution < -0.4 is 10.1 Å². The molecule has 0 saturated heterocycles. The zero-order valence-corrected chi connectivity index (χ0v) is 11.9. The smallest absolute Gasteiger partial charge is 0.118 e. The molecule has 0 aliphatic carbocycles. The molecule has 0 heterocycles. The van der Waals surface area contributed by atoms with Gasteiger partial charge in [0.05, 0.1) is 7.11 Å². The van der Waals surface area contributed by atoms with Gasteiger partial charge in [0.15, 0.2) is 0 Å². The zero-order valence-electron chi connectivity index (χ0n) is 11.9. The molecule has 1 aromatic carbocycles. The Labute approximate surface area is 110 Å². The fraction of sp³-hybridized carbons (Fsp3) is 0.600. The first-order valence-electron chi connectivity index (χ1n) is 6.44. The molecule has 0 aromatic heterocycles. The van der Waals surface area contributed by atoms with E-state index in [1.807, 2.05) is 12.1 Å². The molecular formula is C15H25NO2. The largest absolute Gasteiger partial charge is 0.497 e. The van der Waals surface area contributed by atoms with Gasteiger partial charge in [0, 0.05) is 24.6 Å². The second kappa shape index (κ2) is 6.76. The first kappa shape index (κ1) is 15.0. The van der Waals surface area contributed by atoms with Crippen molar-refractivity contribution in [2.24, 2.45) is 5.41 Å². The average molecular weight is 251 g/mol. The Kier molecular flexibility index (Phi) is 5.63. The minimum atomic E-state index is -0.0613. The van der Waals surface area contributed by atoms with Crippen LogP contribution in [-0.2, 0) is 6.42 Å². The fourth-order valence-electron chi connectivity index (χ4n) is 1.69. The number of rotatable bonds is 7. The fourth-order valence-corrected chi connectivity index (χ4v) is 1.69. The second-order valence-corrected chi connectivity index (χ2v) is 5.66. The van der Waals surface area contributed by atoms with E-state index in [0.29, 0.717) is 6.04 Å². The zero-order chi connectivity index (χ0) is 13.6.